The lowest BCUT2D eigenvalue weighted by Crippen LogP contribution is -2.59. The van der Waals surface area contributed by atoms with Crippen molar-refractivity contribution in [1.29, 1.82) is 0 Å². The monoisotopic (exact) mass is 336 g/mol. The van der Waals surface area contributed by atoms with E-state index in [0.717, 1.165) is 0 Å². The van der Waals surface area contributed by atoms with Crippen LogP contribution < -0.4 is 0 Å². The average Bonchev–Trinajstić information content (AvgIpc) is 2.47. The van der Waals surface area contributed by atoms with Crippen molar-refractivity contribution in [2.45, 2.75) is 63.5 Å². The van der Waals surface area contributed by atoms with Crippen molar-refractivity contribution >= 4 is 11.9 Å². The van der Waals surface area contributed by atoms with E-state index in [2.05, 4.69) is 0 Å². The summed E-state index contributed by atoms with van der Waals surface area (Å²) in [6.45, 7) is 3.05. The van der Waals surface area contributed by atoms with E-state index < -0.39 is 42.6 Å². The van der Waals surface area contributed by atoms with Gasteiger partial charge in [0.2, 0.25) is 0 Å². The van der Waals surface area contributed by atoms with E-state index in [9.17, 15) is 24.9 Å². The third-order valence-electron chi connectivity index (χ3n) is 3.24. The number of carbonyl (C=O) groups is 2. The van der Waals surface area contributed by atoms with E-state index in [1.165, 1.54) is 7.11 Å². The summed E-state index contributed by atoms with van der Waals surface area (Å²) in [4.78, 5) is 22.9. The van der Waals surface area contributed by atoms with Gasteiger partial charge >= 0.3 is 11.9 Å². The molecule has 1 fully saturated rings. The van der Waals surface area contributed by atoms with Crippen molar-refractivity contribution < 1.29 is 43.9 Å². The highest BCUT2D eigenvalue weighted by atomic mass is 16.7. The van der Waals surface area contributed by atoms with Crippen molar-refractivity contribution in [3.63, 3.8) is 0 Å². The smallest absolute Gasteiger partial charge is 0.306 e. The fraction of sp³-hybridized carbons (Fsp3) is 0.857. The molecule has 0 unspecified atom stereocenters. The predicted molar refractivity (Wildman–Crippen MR) is 75.1 cm³/mol. The molecule has 0 aromatic rings. The molecule has 23 heavy (non-hydrogen) atoms. The maximum Gasteiger partial charge on any atom is 0.306 e. The van der Waals surface area contributed by atoms with Crippen molar-refractivity contribution in [2.24, 2.45) is 0 Å². The molecule has 0 spiro atoms. The molecule has 0 saturated carbocycles. The molecule has 1 rings (SSSR count). The molecule has 0 aromatic heterocycles. The summed E-state index contributed by atoms with van der Waals surface area (Å²) >= 11 is 0. The Morgan fingerprint density at radius 3 is 2.26 bits per heavy atom. The van der Waals surface area contributed by atoms with Gasteiger partial charge in [-0.3, -0.25) is 9.59 Å². The van der Waals surface area contributed by atoms with E-state index in [1.807, 2.05) is 0 Å². The Balaban J connectivity index is 2.38. The zero-order chi connectivity index (χ0) is 17.6. The molecular formula is C14H24O9. The maximum absolute atomic E-state index is 11.6. The Kier molecular flexibility index (Phi) is 7.86. The van der Waals surface area contributed by atoms with Crippen LogP contribution in [0.15, 0.2) is 0 Å². The number of carbonyl (C=O) groups excluding carboxylic acids is 2. The Morgan fingerprint density at radius 2 is 1.70 bits per heavy atom. The minimum absolute atomic E-state index is 0.118. The van der Waals surface area contributed by atoms with E-state index in [0.29, 0.717) is 0 Å². The zero-order valence-corrected chi connectivity index (χ0v) is 13.4. The lowest BCUT2D eigenvalue weighted by atomic mass is 9.99. The normalized spacial score (nSPS) is 31.0. The number of hydrogen-bond donors (Lipinski definition) is 3. The average molecular weight is 336 g/mol. The van der Waals surface area contributed by atoms with Crippen molar-refractivity contribution in [3.8, 4) is 0 Å². The Bertz CT molecular complexity index is 398. The molecule has 3 N–H and O–H groups in total. The van der Waals surface area contributed by atoms with Crippen molar-refractivity contribution in [1.82, 2.24) is 0 Å². The Morgan fingerprint density at radius 1 is 1.09 bits per heavy atom. The van der Waals surface area contributed by atoms with Crippen LogP contribution in [0.5, 0.6) is 0 Å². The van der Waals surface area contributed by atoms with Gasteiger partial charge in [0.25, 0.3) is 0 Å². The molecule has 1 saturated heterocycles. The molecule has 1 aliphatic heterocycles. The molecule has 9 heteroatoms. The van der Waals surface area contributed by atoms with Crippen LogP contribution in [-0.4, -0.2) is 77.8 Å². The lowest BCUT2D eigenvalue weighted by Gasteiger charge is -2.39. The van der Waals surface area contributed by atoms with Gasteiger partial charge in [-0.2, -0.15) is 0 Å². The minimum Gasteiger partial charge on any atom is -0.463 e. The summed E-state index contributed by atoms with van der Waals surface area (Å²) in [6, 6.07) is 0. The molecule has 1 aliphatic rings. The molecule has 1 heterocycles. The summed E-state index contributed by atoms with van der Waals surface area (Å²) in [5.41, 5.74) is 0. The second-order valence-corrected chi connectivity index (χ2v) is 5.47. The fourth-order valence-electron chi connectivity index (χ4n) is 2.11. The van der Waals surface area contributed by atoms with Gasteiger partial charge in [-0.25, -0.2) is 0 Å². The molecule has 0 radical (unpaired) electrons. The molecule has 0 bridgehead atoms. The van der Waals surface area contributed by atoms with E-state index in [4.69, 9.17) is 18.9 Å². The molecule has 0 aliphatic carbocycles. The maximum atomic E-state index is 11.6. The van der Waals surface area contributed by atoms with Gasteiger partial charge in [0.05, 0.1) is 18.9 Å². The highest BCUT2D eigenvalue weighted by molar-refractivity contribution is 5.77. The highest BCUT2D eigenvalue weighted by Gasteiger charge is 2.44. The van der Waals surface area contributed by atoms with Crippen LogP contribution in [0.2, 0.25) is 0 Å². The second-order valence-electron chi connectivity index (χ2n) is 5.47. The Hall–Kier alpha value is -1.26. The van der Waals surface area contributed by atoms with Crippen LogP contribution in [-0.2, 0) is 28.5 Å². The van der Waals surface area contributed by atoms with Gasteiger partial charge in [0.1, 0.15) is 31.0 Å². The third kappa shape index (κ3) is 6.04. The second kappa shape index (κ2) is 9.14. The van der Waals surface area contributed by atoms with Crippen LogP contribution in [0.1, 0.15) is 26.7 Å². The van der Waals surface area contributed by atoms with Gasteiger partial charge in [-0.15, -0.1) is 0 Å². The first-order valence-corrected chi connectivity index (χ1v) is 7.33. The molecule has 0 aromatic carbocycles. The van der Waals surface area contributed by atoms with Gasteiger partial charge < -0.3 is 34.3 Å². The van der Waals surface area contributed by atoms with Gasteiger partial charge in [-0.05, 0) is 13.8 Å². The van der Waals surface area contributed by atoms with E-state index in [1.54, 1.807) is 13.8 Å². The van der Waals surface area contributed by atoms with Gasteiger partial charge in [-0.1, -0.05) is 0 Å². The molecule has 5 atom stereocenters. The molecular weight excluding hydrogens is 312 g/mol. The first-order valence-electron chi connectivity index (χ1n) is 7.33. The predicted octanol–water partition coefficient (Wildman–Crippen LogP) is -1.28. The third-order valence-corrected chi connectivity index (χ3v) is 3.24. The number of esters is 2. The van der Waals surface area contributed by atoms with Gasteiger partial charge in [0, 0.05) is 7.11 Å². The highest BCUT2D eigenvalue weighted by Crippen LogP contribution is 2.22. The van der Waals surface area contributed by atoms with Crippen LogP contribution >= 0.6 is 0 Å². The fourth-order valence-corrected chi connectivity index (χ4v) is 2.11. The van der Waals surface area contributed by atoms with Crippen LogP contribution in [0, 0.1) is 0 Å². The van der Waals surface area contributed by atoms with Crippen molar-refractivity contribution in [2.75, 3.05) is 13.7 Å². The zero-order valence-electron chi connectivity index (χ0n) is 13.4. The van der Waals surface area contributed by atoms with Crippen LogP contribution in [0.3, 0.4) is 0 Å². The number of aliphatic hydroxyl groups is 3. The number of ether oxygens (including phenoxy) is 4. The first-order chi connectivity index (χ1) is 10.8. The molecule has 0 amide bonds. The van der Waals surface area contributed by atoms with Crippen molar-refractivity contribution in [3.05, 3.63) is 0 Å². The SMILES string of the molecule is CO[C@@H]1[C@@H](O)[C@@H](O)O[C@H](COC(=O)CCC(=O)OC(C)C)[C@H]1O. The summed E-state index contributed by atoms with van der Waals surface area (Å²) in [6.07, 6.45) is -6.92. The van der Waals surface area contributed by atoms with Crippen LogP contribution in [0.4, 0.5) is 0 Å². The van der Waals surface area contributed by atoms with Gasteiger partial charge in [0.15, 0.2) is 6.29 Å². The first kappa shape index (κ1) is 19.8. The number of hydrogen-bond acceptors (Lipinski definition) is 9. The Labute approximate surface area is 134 Å². The number of rotatable bonds is 7. The topological polar surface area (TPSA) is 132 Å². The number of aliphatic hydroxyl groups excluding tert-OH is 3. The summed E-state index contributed by atoms with van der Waals surface area (Å²) in [7, 11) is 1.26. The minimum atomic E-state index is -1.56. The lowest BCUT2D eigenvalue weighted by molar-refractivity contribution is -0.291. The summed E-state index contributed by atoms with van der Waals surface area (Å²) in [5.74, 6) is -1.18. The standard InChI is InChI=1S/C14H24O9/c1-7(2)22-10(16)5-4-9(15)21-6-8-11(17)13(20-3)12(18)14(19)23-8/h7-8,11-14,17-19H,4-6H2,1-3H3/t8-,11-,12-,13+,14+/m1/s1. The molecule has 9 nitrogen and oxygen atoms in total. The van der Waals surface area contributed by atoms with E-state index >= 15 is 0 Å². The van der Waals surface area contributed by atoms with Crippen LogP contribution in [0.25, 0.3) is 0 Å². The van der Waals surface area contributed by atoms with E-state index in [-0.39, 0.29) is 25.6 Å². The summed E-state index contributed by atoms with van der Waals surface area (Å²) in [5, 5.41) is 29.1. The molecule has 134 valence electrons. The largest absolute Gasteiger partial charge is 0.463 e. The number of methoxy groups -OCH3 is 1. The quantitative estimate of drug-likeness (QED) is 0.486. The summed E-state index contributed by atoms with van der Waals surface area (Å²) < 4.78 is 19.7.